The van der Waals surface area contributed by atoms with Crippen LogP contribution in [-0.4, -0.2) is 12.5 Å². The molecule has 0 aromatic heterocycles. The Morgan fingerprint density at radius 1 is 1.29 bits per heavy atom. The molecule has 1 aromatic carbocycles. The van der Waals surface area contributed by atoms with E-state index in [2.05, 4.69) is 43.4 Å². The molecule has 0 radical (unpaired) electrons. The molecule has 0 saturated heterocycles. The molecule has 0 aliphatic carbocycles. The average molecular weight is 234 g/mol. The first-order valence-electron chi connectivity index (χ1n) is 6.17. The average Bonchev–Trinajstić information content (AvgIpc) is 2.29. The van der Waals surface area contributed by atoms with Crippen molar-refractivity contribution in [1.82, 2.24) is 5.32 Å². The Bertz CT molecular complexity index is 344. The highest BCUT2D eigenvalue weighted by Gasteiger charge is 1.99. The zero-order valence-corrected chi connectivity index (χ0v) is 10.7. The van der Waals surface area contributed by atoms with E-state index in [1.54, 1.807) is 0 Å². The lowest BCUT2D eigenvalue weighted by atomic mass is 10.0. The monoisotopic (exact) mass is 234 g/mol. The van der Waals surface area contributed by atoms with Gasteiger partial charge in [0.25, 0.3) is 0 Å². The first-order chi connectivity index (χ1) is 8.09. The molecule has 0 spiro atoms. The second kappa shape index (κ2) is 7.07. The fourth-order valence-corrected chi connectivity index (χ4v) is 1.64. The molecular formula is C14H22N2O. The Hall–Kier alpha value is -1.35. The summed E-state index contributed by atoms with van der Waals surface area (Å²) in [6, 6.07) is 8.64. The molecule has 3 nitrogen and oxygen atoms in total. The van der Waals surface area contributed by atoms with E-state index < -0.39 is 0 Å². The van der Waals surface area contributed by atoms with Gasteiger partial charge in [-0.3, -0.25) is 4.79 Å². The van der Waals surface area contributed by atoms with Gasteiger partial charge in [-0.2, -0.15) is 0 Å². The number of amides is 1. The van der Waals surface area contributed by atoms with Crippen molar-refractivity contribution in [2.45, 2.75) is 39.2 Å². The maximum atomic E-state index is 10.5. The minimum atomic E-state index is -0.229. The molecule has 1 aromatic rings. The van der Waals surface area contributed by atoms with Crippen LogP contribution in [0.3, 0.4) is 0 Å². The number of primary amides is 1. The van der Waals surface area contributed by atoms with Gasteiger partial charge in [0, 0.05) is 13.0 Å². The normalized spacial score (nSPS) is 10.8. The van der Waals surface area contributed by atoms with E-state index in [9.17, 15) is 4.79 Å². The largest absolute Gasteiger partial charge is 0.370 e. The van der Waals surface area contributed by atoms with Crippen molar-refractivity contribution in [3.05, 3.63) is 35.4 Å². The van der Waals surface area contributed by atoms with Crippen LogP contribution >= 0.6 is 0 Å². The summed E-state index contributed by atoms with van der Waals surface area (Å²) in [5, 5.41) is 3.30. The van der Waals surface area contributed by atoms with Crippen molar-refractivity contribution in [3.8, 4) is 0 Å². The molecular weight excluding hydrogens is 212 g/mol. The number of carbonyl (C=O) groups is 1. The van der Waals surface area contributed by atoms with E-state index in [1.807, 2.05) is 0 Å². The first-order valence-corrected chi connectivity index (χ1v) is 6.17. The summed E-state index contributed by atoms with van der Waals surface area (Å²) in [5.41, 5.74) is 7.70. The van der Waals surface area contributed by atoms with Crippen LogP contribution in [-0.2, 0) is 11.3 Å². The number of benzene rings is 1. The summed E-state index contributed by atoms with van der Waals surface area (Å²) in [4.78, 5) is 10.5. The van der Waals surface area contributed by atoms with Gasteiger partial charge in [-0.25, -0.2) is 0 Å². The molecule has 94 valence electrons. The minimum absolute atomic E-state index is 0.229. The lowest BCUT2D eigenvalue weighted by molar-refractivity contribution is -0.118. The van der Waals surface area contributed by atoms with E-state index in [-0.39, 0.29) is 5.91 Å². The summed E-state index contributed by atoms with van der Waals surface area (Å²) < 4.78 is 0. The predicted octanol–water partition coefficient (Wildman–Crippen LogP) is 2.17. The first kappa shape index (κ1) is 13.7. The van der Waals surface area contributed by atoms with Gasteiger partial charge in [0.2, 0.25) is 5.91 Å². The van der Waals surface area contributed by atoms with Crippen molar-refractivity contribution < 1.29 is 4.79 Å². The molecule has 0 aliphatic heterocycles. The van der Waals surface area contributed by atoms with Crippen LogP contribution in [0.2, 0.25) is 0 Å². The highest BCUT2D eigenvalue weighted by atomic mass is 16.1. The molecule has 1 rings (SSSR count). The minimum Gasteiger partial charge on any atom is -0.370 e. The van der Waals surface area contributed by atoms with E-state index in [0.29, 0.717) is 12.3 Å². The molecule has 1 amide bonds. The topological polar surface area (TPSA) is 55.1 Å². The number of nitrogens with two attached hydrogens (primary N) is 1. The molecule has 0 unspecified atom stereocenters. The lowest BCUT2D eigenvalue weighted by Crippen LogP contribution is -2.18. The number of rotatable bonds is 7. The van der Waals surface area contributed by atoms with Gasteiger partial charge >= 0.3 is 0 Å². The Labute approximate surface area is 103 Å². The number of hydrogen-bond acceptors (Lipinski definition) is 2. The zero-order valence-electron chi connectivity index (χ0n) is 10.7. The lowest BCUT2D eigenvalue weighted by Gasteiger charge is -2.07. The highest BCUT2D eigenvalue weighted by molar-refractivity contribution is 5.73. The Morgan fingerprint density at radius 2 is 1.94 bits per heavy atom. The Kier molecular flexibility index (Phi) is 5.70. The molecule has 0 fully saturated rings. The van der Waals surface area contributed by atoms with Crippen molar-refractivity contribution in [2.75, 3.05) is 6.54 Å². The molecule has 3 N–H and O–H groups in total. The van der Waals surface area contributed by atoms with Crippen molar-refractivity contribution in [3.63, 3.8) is 0 Å². The summed E-state index contributed by atoms with van der Waals surface area (Å²) in [7, 11) is 0. The summed E-state index contributed by atoms with van der Waals surface area (Å²) in [6.45, 7) is 6.06. The van der Waals surface area contributed by atoms with Gasteiger partial charge in [0.15, 0.2) is 0 Å². The second-order valence-electron chi connectivity index (χ2n) is 4.64. The Morgan fingerprint density at radius 3 is 2.47 bits per heavy atom. The van der Waals surface area contributed by atoms with Crippen LogP contribution in [0.15, 0.2) is 24.3 Å². The fourth-order valence-electron chi connectivity index (χ4n) is 1.64. The highest BCUT2D eigenvalue weighted by Crippen LogP contribution is 2.14. The summed E-state index contributed by atoms with van der Waals surface area (Å²) in [5.74, 6) is 0.348. The number of hydrogen-bond donors (Lipinski definition) is 2. The van der Waals surface area contributed by atoms with E-state index in [1.165, 1.54) is 11.1 Å². The molecule has 0 atom stereocenters. The van der Waals surface area contributed by atoms with Gasteiger partial charge in [-0.15, -0.1) is 0 Å². The fraction of sp³-hybridized carbons (Fsp3) is 0.500. The van der Waals surface area contributed by atoms with Crippen molar-refractivity contribution in [2.24, 2.45) is 5.73 Å². The van der Waals surface area contributed by atoms with Crippen molar-refractivity contribution in [1.29, 1.82) is 0 Å². The van der Waals surface area contributed by atoms with E-state index in [4.69, 9.17) is 5.73 Å². The van der Waals surface area contributed by atoms with Gasteiger partial charge in [0.1, 0.15) is 0 Å². The zero-order chi connectivity index (χ0) is 12.7. The van der Waals surface area contributed by atoms with Gasteiger partial charge < -0.3 is 11.1 Å². The smallest absolute Gasteiger partial charge is 0.217 e. The standard InChI is InChI=1S/C14H22N2O/c1-11(2)13-7-5-12(6-8-13)10-16-9-3-4-14(15)17/h5-8,11,16H,3-4,9-10H2,1-2H3,(H2,15,17). The van der Waals surface area contributed by atoms with Crippen LogP contribution in [0.5, 0.6) is 0 Å². The quantitative estimate of drug-likeness (QED) is 0.710. The maximum absolute atomic E-state index is 10.5. The van der Waals surface area contributed by atoms with Gasteiger partial charge in [-0.1, -0.05) is 38.1 Å². The maximum Gasteiger partial charge on any atom is 0.217 e. The third kappa shape index (κ3) is 5.50. The van der Waals surface area contributed by atoms with Gasteiger partial charge in [-0.05, 0) is 30.0 Å². The molecule has 0 aliphatic rings. The number of nitrogens with one attached hydrogen (secondary N) is 1. The van der Waals surface area contributed by atoms with Crippen LogP contribution in [0.4, 0.5) is 0 Å². The van der Waals surface area contributed by atoms with Crippen LogP contribution in [0.25, 0.3) is 0 Å². The number of carbonyl (C=O) groups excluding carboxylic acids is 1. The summed E-state index contributed by atoms with van der Waals surface area (Å²) in [6.07, 6.45) is 1.26. The van der Waals surface area contributed by atoms with E-state index >= 15 is 0 Å². The molecule has 3 heteroatoms. The molecule has 0 heterocycles. The van der Waals surface area contributed by atoms with Crippen molar-refractivity contribution >= 4 is 5.91 Å². The molecule has 0 bridgehead atoms. The Balaban J connectivity index is 2.25. The van der Waals surface area contributed by atoms with Crippen LogP contribution < -0.4 is 11.1 Å². The van der Waals surface area contributed by atoms with Gasteiger partial charge in [0.05, 0.1) is 0 Å². The van der Waals surface area contributed by atoms with Crippen LogP contribution in [0.1, 0.15) is 43.7 Å². The predicted molar refractivity (Wildman–Crippen MR) is 70.7 cm³/mol. The molecule has 0 saturated carbocycles. The van der Waals surface area contributed by atoms with Crippen LogP contribution in [0, 0.1) is 0 Å². The summed E-state index contributed by atoms with van der Waals surface area (Å²) >= 11 is 0. The second-order valence-corrected chi connectivity index (χ2v) is 4.64. The third-order valence-electron chi connectivity index (χ3n) is 2.75. The third-order valence-corrected chi connectivity index (χ3v) is 2.75. The SMILES string of the molecule is CC(C)c1ccc(CNCCCC(N)=O)cc1. The molecule has 17 heavy (non-hydrogen) atoms. The van der Waals surface area contributed by atoms with E-state index in [0.717, 1.165) is 19.5 Å².